The zero-order valence-electron chi connectivity index (χ0n) is 18.1. The van der Waals surface area contributed by atoms with Crippen molar-refractivity contribution in [3.8, 4) is 6.07 Å². The maximum Gasteiger partial charge on any atom is 0.276 e. The van der Waals surface area contributed by atoms with E-state index >= 15 is 0 Å². The second kappa shape index (κ2) is 7.72. The summed E-state index contributed by atoms with van der Waals surface area (Å²) in [6.07, 6.45) is 0. The molecule has 0 radical (unpaired) electrons. The lowest BCUT2D eigenvalue weighted by Crippen LogP contribution is -2.21. The standard InChI is InChI=1S/C25H15FN6O2S/c1-11-6-7-12(26)8-14(11)21-19-16(28-25(34)23-13-4-2-3-5-18(13)35-32-23)9-15-17(10-27)30-31-22(15)20(19)24(33)29-21/h2-9,21H,1H3,(H,28,34)(H,29,33)(H,30,31). The van der Waals surface area contributed by atoms with Gasteiger partial charge in [0.1, 0.15) is 17.6 Å². The van der Waals surface area contributed by atoms with Gasteiger partial charge in [0.2, 0.25) is 0 Å². The van der Waals surface area contributed by atoms with Crippen molar-refractivity contribution in [2.45, 2.75) is 13.0 Å². The van der Waals surface area contributed by atoms with Crippen molar-refractivity contribution in [3.05, 3.63) is 88.0 Å². The summed E-state index contributed by atoms with van der Waals surface area (Å²) < 4.78 is 19.4. The van der Waals surface area contributed by atoms with E-state index in [4.69, 9.17) is 0 Å². The minimum Gasteiger partial charge on any atom is -0.341 e. The van der Waals surface area contributed by atoms with Crippen molar-refractivity contribution < 1.29 is 14.0 Å². The van der Waals surface area contributed by atoms with Gasteiger partial charge >= 0.3 is 0 Å². The second-order valence-corrected chi connectivity index (χ2v) is 9.01. The summed E-state index contributed by atoms with van der Waals surface area (Å²) in [7, 11) is 0. The van der Waals surface area contributed by atoms with E-state index in [1.165, 1.54) is 23.7 Å². The van der Waals surface area contributed by atoms with Gasteiger partial charge in [-0.1, -0.05) is 24.3 Å². The highest BCUT2D eigenvalue weighted by atomic mass is 32.1. The lowest BCUT2D eigenvalue weighted by atomic mass is 9.92. The van der Waals surface area contributed by atoms with Crippen LogP contribution in [0.5, 0.6) is 0 Å². The number of fused-ring (bicyclic) bond motifs is 4. The monoisotopic (exact) mass is 482 g/mol. The second-order valence-electron chi connectivity index (χ2n) is 8.21. The molecule has 0 saturated heterocycles. The first-order valence-corrected chi connectivity index (χ1v) is 11.4. The van der Waals surface area contributed by atoms with Crippen molar-refractivity contribution in [3.63, 3.8) is 0 Å². The van der Waals surface area contributed by atoms with Crippen molar-refractivity contribution in [1.82, 2.24) is 19.9 Å². The molecule has 35 heavy (non-hydrogen) atoms. The number of nitrogens with zero attached hydrogens (tertiary/aromatic N) is 3. The number of nitriles is 1. The first-order chi connectivity index (χ1) is 17.0. The number of anilines is 1. The van der Waals surface area contributed by atoms with Gasteiger partial charge < -0.3 is 10.6 Å². The topological polar surface area (TPSA) is 124 Å². The Bertz CT molecular complexity index is 1750. The molecule has 1 atom stereocenters. The summed E-state index contributed by atoms with van der Waals surface area (Å²) in [6, 6.07) is 14.6. The Morgan fingerprint density at radius 3 is 2.86 bits per heavy atom. The first-order valence-electron chi connectivity index (χ1n) is 10.6. The Balaban J connectivity index is 1.56. The number of hydrogen-bond donors (Lipinski definition) is 3. The number of halogens is 1. The average molecular weight is 483 g/mol. The Hall–Kier alpha value is -4.62. The fraction of sp³-hybridized carbons (Fsp3) is 0.0800. The van der Waals surface area contributed by atoms with Gasteiger partial charge in [0, 0.05) is 22.0 Å². The molecule has 0 saturated carbocycles. The molecule has 2 amide bonds. The van der Waals surface area contributed by atoms with E-state index < -0.39 is 23.7 Å². The number of rotatable bonds is 3. The highest BCUT2D eigenvalue weighted by molar-refractivity contribution is 7.13. The predicted octanol–water partition coefficient (Wildman–Crippen LogP) is 4.58. The summed E-state index contributed by atoms with van der Waals surface area (Å²) in [4.78, 5) is 26.5. The Morgan fingerprint density at radius 1 is 1.20 bits per heavy atom. The molecule has 3 N–H and O–H groups in total. The zero-order chi connectivity index (χ0) is 24.3. The highest BCUT2D eigenvalue weighted by Gasteiger charge is 2.37. The van der Waals surface area contributed by atoms with Gasteiger partial charge in [0.15, 0.2) is 5.69 Å². The number of nitrogens with one attached hydrogen (secondary N) is 3. The van der Waals surface area contributed by atoms with Crippen LogP contribution in [-0.4, -0.2) is 26.4 Å². The summed E-state index contributed by atoms with van der Waals surface area (Å²) >= 11 is 1.21. The summed E-state index contributed by atoms with van der Waals surface area (Å²) in [5.74, 6) is -1.32. The molecule has 1 aliphatic rings. The lowest BCUT2D eigenvalue weighted by Gasteiger charge is -2.18. The molecular weight excluding hydrogens is 467 g/mol. The minimum atomic E-state index is -0.714. The maximum absolute atomic E-state index is 14.2. The number of benzene rings is 3. The van der Waals surface area contributed by atoms with Gasteiger partial charge in [-0.15, -0.1) is 0 Å². The molecule has 0 spiro atoms. The third-order valence-electron chi connectivity index (χ3n) is 6.19. The highest BCUT2D eigenvalue weighted by Crippen LogP contribution is 2.42. The van der Waals surface area contributed by atoms with Gasteiger partial charge in [0.25, 0.3) is 11.8 Å². The van der Waals surface area contributed by atoms with Gasteiger partial charge in [0.05, 0.1) is 21.8 Å². The molecule has 3 heterocycles. The van der Waals surface area contributed by atoms with Gasteiger partial charge in [-0.05, 0) is 53.8 Å². The van der Waals surface area contributed by atoms with Gasteiger partial charge in [-0.3, -0.25) is 14.7 Å². The molecule has 10 heteroatoms. The van der Waals surface area contributed by atoms with Crippen LogP contribution in [0.4, 0.5) is 10.1 Å². The number of aromatic nitrogens is 3. The molecule has 1 unspecified atom stereocenters. The number of carbonyl (C=O) groups excluding carboxylic acids is 2. The van der Waals surface area contributed by atoms with Crippen LogP contribution < -0.4 is 10.6 Å². The van der Waals surface area contributed by atoms with E-state index in [-0.39, 0.29) is 17.0 Å². The van der Waals surface area contributed by atoms with E-state index in [2.05, 4.69) is 25.2 Å². The molecule has 2 aromatic heterocycles. The normalized spacial score (nSPS) is 14.7. The van der Waals surface area contributed by atoms with E-state index in [1.807, 2.05) is 37.3 Å². The third-order valence-corrected chi connectivity index (χ3v) is 7.02. The first kappa shape index (κ1) is 20.9. The summed E-state index contributed by atoms with van der Waals surface area (Å²) in [5, 5.41) is 23.2. The molecule has 0 bridgehead atoms. The average Bonchev–Trinajstić information content (AvgIpc) is 3.55. The van der Waals surface area contributed by atoms with Crippen molar-refractivity contribution in [2.24, 2.45) is 0 Å². The Kier molecular flexibility index (Phi) is 4.62. The number of aryl methyl sites for hydroxylation is 1. The SMILES string of the molecule is Cc1ccc(F)cc1C1NC(=O)c2c1c(NC(=O)c1nsc3ccccc13)cc1c(C#N)n[nH]c21. The minimum absolute atomic E-state index is 0.0931. The lowest BCUT2D eigenvalue weighted by molar-refractivity contribution is 0.0960. The molecule has 1 aliphatic heterocycles. The fourth-order valence-electron chi connectivity index (χ4n) is 4.56. The van der Waals surface area contributed by atoms with E-state index in [0.717, 1.165) is 10.3 Å². The van der Waals surface area contributed by atoms with Crippen LogP contribution in [0.1, 0.15) is 49.3 Å². The number of hydrogen-bond acceptors (Lipinski definition) is 6. The smallest absolute Gasteiger partial charge is 0.276 e. The van der Waals surface area contributed by atoms with E-state index in [0.29, 0.717) is 33.1 Å². The van der Waals surface area contributed by atoms with Crippen LogP contribution in [0.25, 0.3) is 21.0 Å². The summed E-state index contributed by atoms with van der Waals surface area (Å²) in [6.45, 7) is 1.82. The molecule has 0 aliphatic carbocycles. The van der Waals surface area contributed by atoms with E-state index in [9.17, 15) is 19.2 Å². The van der Waals surface area contributed by atoms with Crippen LogP contribution in [0.15, 0.2) is 48.5 Å². The van der Waals surface area contributed by atoms with Crippen molar-refractivity contribution in [1.29, 1.82) is 5.26 Å². The molecule has 8 nitrogen and oxygen atoms in total. The largest absolute Gasteiger partial charge is 0.341 e. The molecule has 3 aromatic carbocycles. The molecule has 6 rings (SSSR count). The predicted molar refractivity (Wildman–Crippen MR) is 129 cm³/mol. The zero-order valence-corrected chi connectivity index (χ0v) is 19.0. The number of amides is 2. The molecule has 0 fully saturated rings. The Morgan fingerprint density at radius 2 is 2.03 bits per heavy atom. The van der Waals surface area contributed by atoms with Crippen LogP contribution >= 0.6 is 11.5 Å². The van der Waals surface area contributed by atoms with Crippen LogP contribution in [-0.2, 0) is 0 Å². The van der Waals surface area contributed by atoms with Crippen molar-refractivity contribution in [2.75, 3.05) is 5.32 Å². The Labute approximate surface area is 201 Å². The van der Waals surface area contributed by atoms with E-state index in [1.54, 1.807) is 12.1 Å². The fourth-order valence-corrected chi connectivity index (χ4v) is 5.33. The summed E-state index contributed by atoms with van der Waals surface area (Å²) in [5.41, 5.74) is 3.10. The quantitative estimate of drug-likeness (QED) is 0.347. The van der Waals surface area contributed by atoms with Gasteiger partial charge in [-0.2, -0.15) is 14.7 Å². The molecule has 5 aromatic rings. The number of H-pyrrole nitrogens is 1. The third kappa shape index (κ3) is 3.17. The maximum atomic E-state index is 14.2. The number of carbonyl (C=O) groups is 2. The van der Waals surface area contributed by atoms with Gasteiger partial charge in [-0.25, -0.2) is 4.39 Å². The van der Waals surface area contributed by atoms with Crippen LogP contribution in [0.3, 0.4) is 0 Å². The molecule has 170 valence electrons. The molecular formula is C25H15FN6O2S. The van der Waals surface area contributed by atoms with Crippen molar-refractivity contribution >= 4 is 50.0 Å². The van der Waals surface area contributed by atoms with Crippen LogP contribution in [0.2, 0.25) is 0 Å². The number of aromatic amines is 1. The van der Waals surface area contributed by atoms with Crippen LogP contribution in [0, 0.1) is 24.1 Å².